The maximum Gasteiger partial charge on any atom is 0.123 e. The van der Waals surface area contributed by atoms with Gasteiger partial charge in [0, 0.05) is 11.6 Å². The van der Waals surface area contributed by atoms with Crippen molar-refractivity contribution < 1.29 is 9.47 Å². The van der Waals surface area contributed by atoms with Gasteiger partial charge < -0.3 is 14.8 Å². The summed E-state index contributed by atoms with van der Waals surface area (Å²) in [6.45, 7) is 8.36. The zero-order chi connectivity index (χ0) is 14.9. The Hall–Kier alpha value is -1.48. The van der Waals surface area contributed by atoms with Crippen LogP contribution in [-0.2, 0) is 6.42 Å². The largest absolute Gasteiger partial charge is 0.494 e. The predicted molar refractivity (Wildman–Crippen MR) is 87.3 cm³/mol. The van der Waals surface area contributed by atoms with E-state index in [1.807, 2.05) is 25.1 Å². The Morgan fingerprint density at radius 3 is 2.86 bits per heavy atom. The number of ether oxygens (including phenoxy) is 2. The van der Waals surface area contributed by atoms with Gasteiger partial charge in [0.1, 0.15) is 11.5 Å². The number of nitrogens with one attached hydrogen (secondary N) is 1. The fourth-order valence-corrected chi connectivity index (χ4v) is 2.27. The van der Waals surface area contributed by atoms with Crippen molar-refractivity contribution in [3.8, 4) is 11.5 Å². The van der Waals surface area contributed by atoms with E-state index in [4.69, 9.17) is 9.47 Å². The molecule has 0 aromatic heterocycles. The summed E-state index contributed by atoms with van der Waals surface area (Å²) < 4.78 is 11.5. The number of benzene rings is 1. The van der Waals surface area contributed by atoms with Gasteiger partial charge in [0.2, 0.25) is 0 Å². The van der Waals surface area contributed by atoms with Gasteiger partial charge in [-0.1, -0.05) is 6.08 Å². The number of unbranched alkanes of at least 4 members (excludes halogenated alkanes) is 1. The van der Waals surface area contributed by atoms with Crippen molar-refractivity contribution in [2.24, 2.45) is 0 Å². The molecule has 1 fully saturated rings. The molecule has 0 amide bonds. The lowest BCUT2D eigenvalue weighted by Gasteiger charge is -2.12. The second-order valence-electron chi connectivity index (χ2n) is 5.48. The molecule has 0 saturated heterocycles. The van der Waals surface area contributed by atoms with Crippen LogP contribution in [-0.4, -0.2) is 25.8 Å². The van der Waals surface area contributed by atoms with E-state index in [2.05, 4.69) is 18.0 Å². The van der Waals surface area contributed by atoms with Crippen LogP contribution in [0.25, 0.3) is 0 Å². The average Bonchev–Trinajstić information content (AvgIpc) is 3.29. The SMILES string of the molecule is C=CCc1cc(OCC)ccc1OCCCCNC1CC1. The van der Waals surface area contributed by atoms with Crippen LogP contribution in [0.15, 0.2) is 30.9 Å². The van der Waals surface area contributed by atoms with E-state index in [9.17, 15) is 0 Å². The Morgan fingerprint density at radius 1 is 1.29 bits per heavy atom. The van der Waals surface area contributed by atoms with Crippen LogP contribution in [0.1, 0.15) is 38.2 Å². The van der Waals surface area contributed by atoms with E-state index in [1.165, 1.54) is 19.3 Å². The molecule has 1 aromatic carbocycles. The Morgan fingerprint density at radius 2 is 2.14 bits per heavy atom. The van der Waals surface area contributed by atoms with E-state index < -0.39 is 0 Å². The van der Waals surface area contributed by atoms with Gasteiger partial charge in [-0.3, -0.25) is 0 Å². The maximum atomic E-state index is 5.91. The first-order chi connectivity index (χ1) is 10.3. The minimum atomic E-state index is 0.682. The standard InChI is InChI=1S/C18H27NO2/c1-3-7-15-14-17(20-4-2)10-11-18(15)21-13-6-5-12-19-16-8-9-16/h3,10-11,14,16,19H,1,4-9,12-13H2,2H3. The summed E-state index contributed by atoms with van der Waals surface area (Å²) in [5.74, 6) is 1.85. The lowest BCUT2D eigenvalue weighted by Crippen LogP contribution is -2.18. The number of hydrogen-bond donors (Lipinski definition) is 1. The van der Waals surface area contributed by atoms with Crippen molar-refractivity contribution in [1.29, 1.82) is 0 Å². The van der Waals surface area contributed by atoms with Gasteiger partial charge in [0.25, 0.3) is 0 Å². The van der Waals surface area contributed by atoms with E-state index in [0.29, 0.717) is 6.61 Å². The highest BCUT2D eigenvalue weighted by Gasteiger charge is 2.19. The van der Waals surface area contributed by atoms with E-state index >= 15 is 0 Å². The molecule has 0 heterocycles. The van der Waals surface area contributed by atoms with Crippen molar-refractivity contribution in [2.45, 2.75) is 45.1 Å². The lowest BCUT2D eigenvalue weighted by atomic mass is 10.1. The molecule has 1 aliphatic rings. The van der Waals surface area contributed by atoms with Crippen LogP contribution >= 0.6 is 0 Å². The molecule has 0 spiro atoms. The van der Waals surface area contributed by atoms with Crippen molar-refractivity contribution in [3.63, 3.8) is 0 Å². The monoisotopic (exact) mass is 289 g/mol. The fourth-order valence-electron chi connectivity index (χ4n) is 2.27. The summed E-state index contributed by atoms with van der Waals surface area (Å²) >= 11 is 0. The molecule has 1 saturated carbocycles. The first kappa shape index (κ1) is 15.9. The van der Waals surface area contributed by atoms with Gasteiger partial charge in [-0.05, 0) is 63.8 Å². The molecule has 3 nitrogen and oxygen atoms in total. The summed E-state index contributed by atoms with van der Waals surface area (Å²) in [5, 5.41) is 3.52. The summed E-state index contributed by atoms with van der Waals surface area (Å²) in [6, 6.07) is 6.83. The molecule has 0 radical (unpaired) electrons. The summed E-state index contributed by atoms with van der Waals surface area (Å²) in [7, 11) is 0. The molecule has 0 bridgehead atoms. The van der Waals surface area contributed by atoms with Crippen LogP contribution in [0, 0.1) is 0 Å². The minimum Gasteiger partial charge on any atom is -0.494 e. The zero-order valence-corrected chi connectivity index (χ0v) is 13.1. The summed E-state index contributed by atoms with van der Waals surface area (Å²) in [4.78, 5) is 0. The van der Waals surface area contributed by atoms with Crippen LogP contribution in [0.2, 0.25) is 0 Å². The zero-order valence-electron chi connectivity index (χ0n) is 13.1. The summed E-state index contributed by atoms with van der Waals surface area (Å²) in [6.07, 6.45) is 7.67. The lowest BCUT2D eigenvalue weighted by molar-refractivity contribution is 0.301. The molecular formula is C18H27NO2. The quantitative estimate of drug-likeness (QED) is 0.497. The Bertz CT molecular complexity index is 441. The second kappa shape index (κ2) is 8.73. The predicted octanol–water partition coefficient (Wildman–Crippen LogP) is 3.72. The van der Waals surface area contributed by atoms with Crippen molar-refractivity contribution in [3.05, 3.63) is 36.4 Å². The molecule has 2 rings (SSSR count). The van der Waals surface area contributed by atoms with Crippen LogP contribution < -0.4 is 14.8 Å². The van der Waals surface area contributed by atoms with Gasteiger partial charge in [0.15, 0.2) is 0 Å². The highest BCUT2D eigenvalue weighted by Crippen LogP contribution is 2.25. The molecular weight excluding hydrogens is 262 g/mol. The summed E-state index contributed by atoms with van der Waals surface area (Å²) in [5.41, 5.74) is 1.15. The fraction of sp³-hybridized carbons (Fsp3) is 0.556. The molecule has 1 aromatic rings. The van der Waals surface area contributed by atoms with Crippen LogP contribution in [0.5, 0.6) is 11.5 Å². The molecule has 1 aliphatic carbocycles. The first-order valence-electron chi connectivity index (χ1n) is 8.06. The maximum absolute atomic E-state index is 5.91. The van der Waals surface area contributed by atoms with Gasteiger partial charge >= 0.3 is 0 Å². The molecule has 0 unspecified atom stereocenters. The Balaban J connectivity index is 1.75. The van der Waals surface area contributed by atoms with Gasteiger partial charge in [0.05, 0.1) is 13.2 Å². The molecule has 116 valence electrons. The van der Waals surface area contributed by atoms with Crippen molar-refractivity contribution in [2.75, 3.05) is 19.8 Å². The third-order valence-electron chi connectivity index (χ3n) is 3.55. The number of allylic oxidation sites excluding steroid dienone is 1. The normalized spacial score (nSPS) is 14.0. The Labute approximate surface area is 128 Å². The van der Waals surface area contributed by atoms with E-state index in [1.54, 1.807) is 0 Å². The van der Waals surface area contributed by atoms with Gasteiger partial charge in [-0.15, -0.1) is 6.58 Å². The number of hydrogen-bond acceptors (Lipinski definition) is 3. The van der Waals surface area contributed by atoms with E-state index in [-0.39, 0.29) is 0 Å². The van der Waals surface area contributed by atoms with Gasteiger partial charge in [-0.2, -0.15) is 0 Å². The van der Waals surface area contributed by atoms with Crippen molar-refractivity contribution >= 4 is 0 Å². The number of rotatable bonds is 11. The third-order valence-corrected chi connectivity index (χ3v) is 3.55. The van der Waals surface area contributed by atoms with Gasteiger partial charge in [-0.25, -0.2) is 0 Å². The van der Waals surface area contributed by atoms with Crippen molar-refractivity contribution in [1.82, 2.24) is 5.32 Å². The van der Waals surface area contributed by atoms with Crippen LogP contribution in [0.4, 0.5) is 0 Å². The molecule has 0 atom stereocenters. The van der Waals surface area contributed by atoms with E-state index in [0.717, 1.165) is 49.1 Å². The second-order valence-corrected chi connectivity index (χ2v) is 5.48. The highest BCUT2D eigenvalue weighted by molar-refractivity contribution is 5.41. The topological polar surface area (TPSA) is 30.5 Å². The molecule has 3 heteroatoms. The van der Waals surface area contributed by atoms with Crippen LogP contribution in [0.3, 0.4) is 0 Å². The average molecular weight is 289 g/mol. The minimum absolute atomic E-state index is 0.682. The smallest absolute Gasteiger partial charge is 0.123 e. The molecule has 1 N–H and O–H groups in total. The molecule has 21 heavy (non-hydrogen) atoms. The first-order valence-corrected chi connectivity index (χ1v) is 8.06. The molecule has 0 aliphatic heterocycles. The highest BCUT2D eigenvalue weighted by atomic mass is 16.5. The Kier molecular flexibility index (Phi) is 6.61. The third kappa shape index (κ3) is 5.80.